The molecule has 3 aliphatic rings. The smallest absolute Gasteiger partial charge is 0.339 e. The second-order valence-electron chi connectivity index (χ2n) is 12.6. The van der Waals surface area contributed by atoms with Gasteiger partial charge in [-0.2, -0.15) is 0 Å². The molecule has 3 aromatic rings. The van der Waals surface area contributed by atoms with Gasteiger partial charge in [0.05, 0.1) is 38.3 Å². The van der Waals surface area contributed by atoms with Crippen molar-refractivity contribution in [3.8, 4) is 11.5 Å². The summed E-state index contributed by atoms with van der Waals surface area (Å²) in [6.07, 6.45) is 2.08. The van der Waals surface area contributed by atoms with Crippen LogP contribution >= 0.6 is 0 Å². The van der Waals surface area contributed by atoms with E-state index in [1.165, 1.54) is 23.8 Å². The molecule has 0 bridgehead atoms. The lowest BCUT2D eigenvalue weighted by molar-refractivity contribution is -0.176. The van der Waals surface area contributed by atoms with Crippen molar-refractivity contribution in [2.75, 3.05) is 41.0 Å². The van der Waals surface area contributed by atoms with E-state index in [1.807, 2.05) is 32.0 Å². The minimum Gasteiger partial charge on any atom is -0.497 e. The molecular formula is C35H44N2O7. The summed E-state index contributed by atoms with van der Waals surface area (Å²) in [6.45, 7) is 8.22. The van der Waals surface area contributed by atoms with Gasteiger partial charge in [-0.15, -0.1) is 0 Å². The minimum atomic E-state index is -0.609. The zero-order valence-corrected chi connectivity index (χ0v) is 26.6. The molecule has 0 spiro atoms. The maximum atomic E-state index is 13.7. The number of hydrogen-bond acceptors (Lipinski definition) is 8. The highest BCUT2D eigenvalue weighted by Crippen LogP contribution is 2.50. The van der Waals surface area contributed by atoms with Crippen molar-refractivity contribution in [3.05, 3.63) is 58.3 Å². The van der Waals surface area contributed by atoms with E-state index in [4.69, 9.17) is 23.7 Å². The number of nitrogens with zero attached hydrogens (tertiary/aromatic N) is 1. The van der Waals surface area contributed by atoms with Crippen LogP contribution in [0.5, 0.6) is 11.5 Å². The monoisotopic (exact) mass is 604 g/mol. The molecule has 6 rings (SSSR count). The number of carbonyl (C=O) groups excluding carboxylic acids is 2. The second kappa shape index (κ2) is 12.4. The number of fused-ring (bicyclic) bond motifs is 6. The molecule has 1 saturated carbocycles. The molecule has 0 amide bonds. The number of nitrogens with one attached hydrogen (secondary N) is 1. The molecule has 1 saturated heterocycles. The Morgan fingerprint density at radius 1 is 1.02 bits per heavy atom. The van der Waals surface area contributed by atoms with Gasteiger partial charge in [-0.05, 0) is 92.3 Å². The Bertz CT molecular complexity index is 1520. The summed E-state index contributed by atoms with van der Waals surface area (Å²) in [5, 5.41) is 1.23. The number of ether oxygens (including phenoxy) is 5. The molecule has 1 N–H and O–H groups in total. The van der Waals surface area contributed by atoms with E-state index in [0.29, 0.717) is 18.6 Å². The Morgan fingerprint density at radius 2 is 1.80 bits per heavy atom. The first-order chi connectivity index (χ1) is 21.3. The summed E-state index contributed by atoms with van der Waals surface area (Å²) in [5.74, 6) is 0.473. The van der Waals surface area contributed by atoms with Crippen molar-refractivity contribution >= 4 is 22.8 Å². The van der Waals surface area contributed by atoms with E-state index in [2.05, 4.69) is 28.9 Å². The van der Waals surface area contributed by atoms with E-state index in [0.717, 1.165) is 60.5 Å². The Morgan fingerprint density at radius 3 is 2.48 bits per heavy atom. The van der Waals surface area contributed by atoms with Crippen LogP contribution in [0.15, 0.2) is 30.3 Å². The van der Waals surface area contributed by atoms with Crippen molar-refractivity contribution in [3.63, 3.8) is 0 Å². The van der Waals surface area contributed by atoms with E-state index >= 15 is 0 Å². The summed E-state index contributed by atoms with van der Waals surface area (Å²) in [7, 11) is 4.70. The number of rotatable bonds is 8. The molecular weight excluding hydrogens is 560 g/mol. The lowest BCUT2D eigenvalue weighted by atomic mass is 9.63. The first-order valence-corrected chi connectivity index (χ1v) is 15.8. The molecule has 3 heterocycles. The van der Waals surface area contributed by atoms with Gasteiger partial charge in [0.25, 0.3) is 0 Å². The Hall–Kier alpha value is -3.56. The first kappa shape index (κ1) is 30.5. The van der Waals surface area contributed by atoms with Crippen molar-refractivity contribution in [1.82, 2.24) is 9.88 Å². The molecule has 1 aliphatic carbocycles. The number of aryl methyl sites for hydroxylation is 2. The summed E-state index contributed by atoms with van der Waals surface area (Å²) < 4.78 is 28.9. The fourth-order valence-electron chi connectivity index (χ4n) is 8.10. The number of methoxy groups -OCH3 is 3. The summed E-state index contributed by atoms with van der Waals surface area (Å²) in [5.41, 5.74) is 5.77. The van der Waals surface area contributed by atoms with Gasteiger partial charge in [0.2, 0.25) is 0 Å². The Kier molecular flexibility index (Phi) is 8.61. The van der Waals surface area contributed by atoms with Crippen LogP contribution in [0, 0.1) is 31.6 Å². The van der Waals surface area contributed by atoms with Gasteiger partial charge in [0.1, 0.15) is 23.7 Å². The number of carbonyl (C=O) groups is 2. The normalized spacial score (nSPS) is 26.3. The van der Waals surface area contributed by atoms with Crippen molar-refractivity contribution in [2.24, 2.45) is 17.8 Å². The number of aromatic amines is 1. The molecule has 236 valence electrons. The highest BCUT2D eigenvalue weighted by Gasteiger charge is 2.54. The molecule has 2 aliphatic heterocycles. The highest BCUT2D eigenvalue weighted by molar-refractivity contribution is 5.93. The average Bonchev–Trinajstić information content (AvgIpc) is 3.39. The maximum absolute atomic E-state index is 13.7. The van der Waals surface area contributed by atoms with Gasteiger partial charge in [0, 0.05) is 42.9 Å². The van der Waals surface area contributed by atoms with E-state index in [9.17, 15) is 9.59 Å². The Labute approximate surface area is 259 Å². The molecule has 44 heavy (non-hydrogen) atoms. The second-order valence-corrected chi connectivity index (χ2v) is 12.6. The van der Waals surface area contributed by atoms with E-state index in [1.54, 1.807) is 14.2 Å². The molecule has 6 atom stereocenters. The SMILES string of the molecule is CCCOc1cc(C)c(C(=O)O[C@@H]2C[C@@H]3CN4CCc5c([nH]c6cc(OC)ccc56)[C@@H]4C[C@@H]3[C@H](C(=O)OC)[C@@H]2OC)c(C)c1. The Balaban J connectivity index is 1.28. The quantitative estimate of drug-likeness (QED) is 0.334. The third-order valence-electron chi connectivity index (χ3n) is 10.0. The van der Waals surface area contributed by atoms with Crippen LogP contribution in [-0.2, 0) is 25.4 Å². The summed E-state index contributed by atoms with van der Waals surface area (Å²) in [6, 6.07) is 10.1. The molecule has 9 heteroatoms. The van der Waals surface area contributed by atoms with Crippen LogP contribution in [-0.4, -0.2) is 75.1 Å². The highest BCUT2D eigenvalue weighted by atomic mass is 16.6. The summed E-state index contributed by atoms with van der Waals surface area (Å²) in [4.78, 5) is 33.4. The maximum Gasteiger partial charge on any atom is 0.339 e. The van der Waals surface area contributed by atoms with E-state index < -0.39 is 24.1 Å². The molecule has 9 nitrogen and oxygen atoms in total. The van der Waals surface area contributed by atoms with Crippen molar-refractivity contribution < 1.29 is 33.3 Å². The molecule has 2 fully saturated rings. The predicted octanol–water partition coefficient (Wildman–Crippen LogP) is 5.55. The van der Waals surface area contributed by atoms with Crippen LogP contribution in [0.4, 0.5) is 0 Å². The van der Waals surface area contributed by atoms with Crippen molar-refractivity contribution in [2.45, 2.75) is 64.7 Å². The number of aromatic nitrogens is 1. The first-order valence-electron chi connectivity index (χ1n) is 15.8. The lowest BCUT2D eigenvalue weighted by Gasteiger charge is -2.52. The standard InChI is InChI=1S/C35H44N2O7/c1-7-12-43-23-13-19(2)30(20(3)14-23)35(39)44-29-15-21-18-37-11-10-25-24-9-8-22(40-4)16-27(24)36-32(25)28(37)17-26(21)31(33(29)41-5)34(38)42-6/h8-9,13-14,16,21,26,28-29,31,33,36H,7,10-12,15,17-18H2,1-6H3/t21-,26+,28+,29-,31+,33-/m1/s1. The van der Waals surface area contributed by atoms with Gasteiger partial charge in [-0.3, -0.25) is 9.69 Å². The number of H-pyrrole nitrogens is 1. The van der Waals surface area contributed by atoms with Crippen molar-refractivity contribution in [1.29, 1.82) is 0 Å². The third-order valence-corrected chi connectivity index (χ3v) is 10.0. The number of benzene rings is 2. The van der Waals surface area contributed by atoms with Gasteiger partial charge >= 0.3 is 11.9 Å². The number of hydrogen-bond donors (Lipinski definition) is 1. The van der Waals surface area contributed by atoms with Crippen LogP contribution in [0.25, 0.3) is 10.9 Å². The third kappa shape index (κ3) is 5.34. The fraction of sp³-hybridized carbons (Fsp3) is 0.543. The fourth-order valence-corrected chi connectivity index (χ4v) is 8.10. The summed E-state index contributed by atoms with van der Waals surface area (Å²) >= 11 is 0. The van der Waals surface area contributed by atoms with Crippen LogP contribution in [0.1, 0.15) is 65.0 Å². The van der Waals surface area contributed by atoms with Gasteiger partial charge < -0.3 is 28.7 Å². The van der Waals surface area contributed by atoms with Gasteiger partial charge in [-0.25, -0.2) is 4.79 Å². The molecule has 0 radical (unpaired) electrons. The average molecular weight is 605 g/mol. The number of piperidine rings is 1. The van der Waals surface area contributed by atoms with Crippen LogP contribution in [0.3, 0.4) is 0 Å². The molecule has 2 aromatic carbocycles. The zero-order valence-electron chi connectivity index (χ0n) is 26.6. The number of esters is 2. The predicted molar refractivity (Wildman–Crippen MR) is 166 cm³/mol. The largest absolute Gasteiger partial charge is 0.497 e. The van der Waals surface area contributed by atoms with Gasteiger partial charge in [0.15, 0.2) is 0 Å². The molecule has 0 unspecified atom stereocenters. The van der Waals surface area contributed by atoms with E-state index in [-0.39, 0.29) is 23.8 Å². The van der Waals surface area contributed by atoms with Gasteiger partial charge in [-0.1, -0.05) is 6.92 Å². The topological polar surface area (TPSA) is 99.3 Å². The van der Waals surface area contributed by atoms with Crippen LogP contribution in [0.2, 0.25) is 0 Å². The molecule has 1 aromatic heterocycles. The zero-order chi connectivity index (χ0) is 31.1. The minimum absolute atomic E-state index is 0.0222. The lowest BCUT2D eigenvalue weighted by Crippen LogP contribution is -2.58. The van der Waals surface area contributed by atoms with Crippen LogP contribution < -0.4 is 9.47 Å².